The highest BCUT2D eigenvalue weighted by Crippen LogP contribution is 2.40. The zero-order valence-electron chi connectivity index (χ0n) is 12.8. The summed E-state index contributed by atoms with van der Waals surface area (Å²) in [6.45, 7) is 3.71. The van der Waals surface area contributed by atoms with Gasteiger partial charge in [-0.15, -0.1) is 0 Å². The Kier molecular flexibility index (Phi) is 4.11. The molecule has 2 atom stereocenters. The van der Waals surface area contributed by atoms with E-state index in [4.69, 9.17) is 5.73 Å². The Hall–Kier alpha value is -0.900. The van der Waals surface area contributed by atoms with Crippen LogP contribution in [0, 0.1) is 5.92 Å². The number of benzene rings is 1. The van der Waals surface area contributed by atoms with Gasteiger partial charge in [-0.1, -0.05) is 24.3 Å². The first-order valence-corrected chi connectivity index (χ1v) is 7.88. The van der Waals surface area contributed by atoms with Crippen molar-refractivity contribution in [2.45, 2.75) is 31.3 Å². The summed E-state index contributed by atoms with van der Waals surface area (Å²) < 4.78 is 0. The van der Waals surface area contributed by atoms with Gasteiger partial charge in [0, 0.05) is 18.6 Å². The van der Waals surface area contributed by atoms with E-state index >= 15 is 0 Å². The summed E-state index contributed by atoms with van der Waals surface area (Å²) in [4.78, 5) is 4.99. The summed E-state index contributed by atoms with van der Waals surface area (Å²) in [5, 5.41) is 0. The molecule has 110 valence electrons. The Morgan fingerprint density at radius 3 is 2.55 bits per heavy atom. The van der Waals surface area contributed by atoms with E-state index in [1.165, 1.54) is 43.6 Å². The van der Waals surface area contributed by atoms with Crippen LogP contribution in [0.3, 0.4) is 0 Å². The molecule has 1 aromatic rings. The quantitative estimate of drug-likeness (QED) is 0.918. The second-order valence-corrected chi connectivity index (χ2v) is 6.67. The number of nitrogens with two attached hydrogens (primary N) is 1. The number of rotatable bonds is 3. The van der Waals surface area contributed by atoms with E-state index in [0.717, 1.165) is 12.3 Å². The molecular formula is C17H27N3. The fourth-order valence-electron chi connectivity index (χ4n) is 3.84. The van der Waals surface area contributed by atoms with Crippen molar-refractivity contribution >= 4 is 0 Å². The molecule has 1 aliphatic carbocycles. The third-order valence-corrected chi connectivity index (χ3v) is 5.15. The molecule has 2 unspecified atom stereocenters. The van der Waals surface area contributed by atoms with Gasteiger partial charge in [0.05, 0.1) is 0 Å². The standard InChI is InChI=1S/C17H27N3/c1-19-9-7-13(8-10-19)12-20(2)17-11-16(18)14-5-3-4-6-15(14)17/h3-6,13,16-17H,7-12,18H2,1-2H3. The number of piperidine rings is 1. The maximum absolute atomic E-state index is 6.29. The van der Waals surface area contributed by atoms with E-state index in [0.29, 0.717) is 6.04 Å². The first kappa shape index (κ1) is 14.1. The van der Waals surface area contributed by atoms with Crippen molar-refractivity contribution in [2.75, 3.05) is 33.7 Å². The van der Waals surface area contributed by atoms with Gasteiger partial charge in [-0.2, -0.15) is 0 Å². The van der Waals surface area contributed by atoms with Crippen LogP contribution in [0.25, 0.3) is 0 Å². The predicted octanol–water partition coefficient (Wildman–Crippen LogP) is 2.40. The average molecular weight is 273 g/mol. The lowest BCUT2D eigenvalue weighted by Gasteiger charge is -2.34. The molecule has 1 aliphatic heterocycles. The van der Waals surface area contributed by atoms with E-state index in [1.54, 1.807) is 0 Å². The van der Waals surface area contributed by atoms with Gasteiger partial charge in [-0.25, -0.2) is 0 Å². The molecule has 3 nitrogen and oxygen atoms in total. The summed E-state index contributed by atoms with van der Waals surface area (Å²) in [5.74, 6) is 0.847. The Bertz CT molecular complexity index is 451. The van der Waals surface area contributed by atoms with Crippen LogP contribution in [0.1, 0.15) is 42.5 Å². The van der Waals surface area contributed by atoms with E-state index in [2.05, 4.69) is 48.2 Å². The number of likely N-dealkylation sites (tertiary alicyclic amines) is 1. The molecule has 2 N–H and O–H groups in total. The van der Waals surface area contributed by atoms with Crippen molar-refractivity contribution in [1.29, 1.82) is 0 Å². The Morgan fingerprint density at radius 2 is 1.85 bits per heavy atom. The van der Waals surface area contributed by atoms with Crippen LogP contribution >= 0.6 is 0 Å². The van der Waals surface area contributed by atoms with Crippen molar-refractivity contribution in [3.8, 4) is 0 Å². The molecule has 2 aliphatic rings. The van der Waals surface area contributed by atoms with Crippen molar-refractivity contribution in [2.24, 2.45) is 11.7 Å². The summed E-state index contributed by atoms with van der Waals surface area (Å²) in [5.41, 5.74) is 9.10. The van der Waals surface area contributed by atoms with Crippen LogP contribution in [0.5, 0.6) is 0 Å². The highest BCUT2D eigenvalue weighted by molar-refractivity contribution is 5.37. The van der Waals surface area contributed by atoms with Gasteiger partial charge >= 0.3 is 0 Å². The van der Waals surface area contributed by atoms with E-state index in [9.17, 15) is 0 Å². The minimum absolute atomic E-state index is 0.219. The van der Waals surface area contributed by atoms with Gasteiger partial charge in [-0.05, 0) is 63.5 Å². The van der Waals surface area contributed by atoms with Gasteiger partial charge in [0.25, 0.3) is 0 Å². The van der Waals surface area contributed by atoms with Gasteiger partial charge in [-0.3, -0.25) is 4.90 Å². The van der Waals surface area contributed by atoms with Crippen molar-refractivity contribution in [3.63, 3.8) is 0 Å². The summed E-state index contributed by atoms with van der Waals surface area (Å²) in [6.07, 6.45) is 3.74. The first-order chi connectivity index (χ1) is 9.65. The van der Waals surface area contributed by atoms with E-state index in [-0.39, 0.29) is 6.04 Å². The first-order valence-electron chi connectivity index (χ1n) is 7.88. The minimum Gasteiger partial charge on any atom is -0.324 e. The van der Waals surface area contributed by atoms with Gasteiger partial charge in [0.1, 0.15) is 0 Å². The maximum Gasteiger partial charge on any atom is 0.0366 e. The molecule has 1 saturated heterocycles. The highest BCUT2D eigenvalue weighted by atomic mass is 15.1. The van der Waals surface area contributed by atoms with Crippen LogP contribution in [-0.2, 0) is 0 Å². The van der Waals surface area contributed by atoms with Gasteiger partial charge < -0.3 is 10.6 Å². The molecule has 0 bridgehead atoms. The molecule has 1 fully saturated rings. The Labute approximate surface area is 122 Å². The van der Waals surface area contributed by atoms with Crippen molar-refractivity contribution in [3.05, 3.63) is 35.4 Å². The lowest BCUT2D eigenvalue weighted by Crippen LogP contribution is -2.36. The summed E-state index contributed by atoms with van der Waals surface area (Å²) in [7, 11) is 4.50. The third kappa shape index (κ3) is 2.76. The number of fused-ring (bicyclic) bond motifs is 1. The van der Waals surface area contributed by atoms with E-state index < -0.39 is 0 Å². The SMILES string of the molecule is CN1CCC(CN(C)C2CC(N)c3ccccc32)CC1. The monoisotopic (exact) mass is 273 g/mol. The second kappa shape index (κ2) is 5.84. The molecule has 0 aromatic heterocycles. The molecule has 0 saturated carbocycles. The lowest BCUT2D eigenvalue weighted by molar-refractivity contribution is 0.147. The minimum atomic E-state index is 0.219. The number of nitrogens with zero attached hydrogens (tertiary/aromatic N) is 2. The number of hydrogen-bond donors (Lipinski definition) is 1. The molecule has 0 spiro atoms. The second-order valence-electron chi connectivity index (χ2n) is 6.67. The smallest absolute Gasteiger partial charge is 0.0366 e. The predicted molar refractivity (Wildman–Crippen MR) is 83.6 cm³/mol. The van der Waals surface area contributed by atoms with Crippen LogP contribution in [0.15, 0.2) is 24.3 Å². The Balaban J connectivity index is 1.65. The van der Waals surface area contributed by atoms with Crippen LogP contribution < -0.4 is 5.73 Å². The molecule has 0 radical (unpaired) electrons. The van der Waals surface area contributed by atoms with Crippen LogP contribution in [0.4, 0.5) is 0 Å². The topological polar surface area (TPSA) is 32.5 Å². The molecule has 20 heavy (non-hydrogen) atoms. The van der Waals surface area contributed by atoms with Gasteiger partial charge in [0.2, 0.25) is 0 Å². The lowest BCUT2D eigenvalue weighted by atomic mass is 9.95. The fraction of sp³-hybridized carbons (Fsp3) is 0.647. The summed E-state index contributed by atoms with van der Waals surface area (Å²) in [6, 6.07) is 9.45. The third-order valence-electron chi connectivity index (χ3n) is 5.15. The zero-order valence-corrected chi connectivity index (χ0v) is 12.8. The summed E-state index contributed by atoms with van der Waals surface area (Å²) >= 11 is 0. The Morgan fingerprint density at radius 1 is 1.20 bits per heavy atom. The normalized spacial score (nSPS) is 28.0. The van der Waals surface area contributed by atoms with Crippen molar-refractivity contribution in [1.82, 2.24) is 9.80 Å². The molecule has 3 heteroatoms. The van der Waals surface area contributed by atoms with Crippen LogP contribution in [-0.4, -0.2) is 43.5 Å². The maximum atomic E-state index is 6.29. The van der Waals surface area contributed by atoms with Crippen molar-refractivity contribution < 1.29 is 0 Å². The molecule has 1 heterocycles. The van der Waals surface area contributed by atoms with Crippen LogP contribution in [0.2, 0.25) is 0 Å². The van der Waals surface area contributed by atoms with Gasteiger partial charge in [0.15, 0.2) is 0 Å². The fourth-order valence-corrected chi connectivity index (χ4v) is 3.84. The number of hydrogen-bond acceptors (Lipinski definition) is 3. The molecule has 3 rings (SSSR count). The molecule has 0 amide bonds. The highest BCUT2D eigenvalue weighted by Gasteiger charge is 2.32. The molecule has 1 aromatic carbocycles. The van der Waals surface area contributed by atoms with E-state index in [1.807, 2.05) is 0 Å². The zero-order chi connectivity index (χ0) is 14.1. The molecular weight excluding hydrogens is 246 g/mol. The average Bonchev–Trinajstić information content (AvgIpc) is 2.79. The largest absolute Gasteiger partial charge is 0.324 e.